The monoisotopic (exact) mass is 342 g/mol. The van der Waals surface area contributed by atoms with E-state index in [1.165, 1.54) is 37.3 Å². The molecule has 4 heteroatoms. The first-order chi connectivity index (χ1) is 12.3. The molecule has 0 radical (unpaired) electrons. The van der Waals surface area contributed by atoms with Gasteiger partial charge in [0, 0.05) is 11.1 Å². The highest BCUT2D eigenvalue weighted by atomic mass is 16.5. The summed E-state index contributed by atoms with van der Waals surface area (Å²) in [5.41, 5.74) is 2.76. The minimum atomic E-state index is 0.660. The van der Waals surface area contributed by atoms with Gasteiger partial charge in [0.05, 0.1) is 13.7 Å². The van der Waals surface area contributed by atoms with Crippen LogP contribution in [0.1, 0.15) is 18.1 Å². The van der Waals surface area contributed by atoms with Crippen LogP contribution in [0.2, 0.25) is 0 Å². The Hall–Kier alpha value is -2.04. The Balaban J connectivity index is 1.52. The first kappa shape index (κ1) is 17.8. The highest BCUT2D eigenvalue weighted by Gasteiger charge is 2.23. The van der Waals surface area contributed by atoms with E-state index in [0.29, 0.717) is 6.61 Å². The number of hydrogen-bond donors (Lipinski definition) is 2. The Morgan fingerprint density at radius 3 is 2.04 bits per heavy atom. The number of ether oxygens (including phenoxy) is 2. The van der Waals surface area contributed by atoms with Crippen LogP contribution in [0.5, 0.6) is 11.5 Å². The molecule has 1 aliphatic rings. The number of rotatable bonds is 7. The Morgan fingerprint density at radius 1 is 0.800 bits per heavy atom. The van der Waals surface area contributed by atoms with Crippen molar-refractivity contribution < 1.29 is 19.3 Å². The van der Waals surface area contributed by atoms with Crippen LogP contribution in [-0.4, -0.2) is 39.9 Å². The second kappa shape index (κ2) is 8.88. The van der Waals surface area contributed by atoms with E-state index in [1.807, 2.05) is 13.0 Å². The molecule has 0 saturated carbocycles. The van der Waals surface area contributed by atoms with Crippen molar-refractivity contribution in [2.45, 2.75) is 20.0 Å². The lowest BCUT2D eigenvalue weighted by atomic mass is 10.1. The number of methoxy groups -OCH3 is 1. The molecule has 0 atom stereocenters. The van der Waals surface area contributed by atoms with E-state index in [9.17, 15) is 0 Å². The maximum Gasteiger partial charge on any atom is 0.161 e. The average Bonchev–Trinajstić information content (AvgIpc) is 2.65. The van der Waals surface area contributed by atoms with E-state index in [0.717, 1.165) is 24.6 Å². The van der Waals surface area contributed by atoms with Gasteiger partial charge >= 0.3 is 0 Å². The maximum absolute atomic E-state index is 5.61. The third-order valence-electron chi connectivity index (χ3n) is 4.94. The summed E-state index contributed by atoms with van der Waals surface area (Å²) in [7, 11) is 1.71. The normalized spacial score (nSPS) is 20.2. The summed E-state index contributed by atoms with van der Waals surface area (Å²) in [4.78, 5) is 3.35. The van der Waals surface area contributed by atoms with Crippen LogP contribution in [0.15, 0.2) is 48.5 Å². The highest BCUT2D eigenvalue weighted by molar-refractivity contribution is 5.42. The standard InChI is InChI=1S/C21H28N2O2/c1-3-25-20-10-9-19(15-21(20)24-2)17-23-13-11-22(12-14-23)16-18-7-5-4-6-8-18/h4-10,15H,3,11-14,16-17H2,1-2H3/p+2. The molecule has 134 valence electrons. The van der Waals surface area contributed by atoms with Crippen molar-refractivity contribution in [2.75, 3.05) is 39.9 Å². The fourth-order valence-electron chi connectivity index (χ4n) is 3.58. The topological polar surface area (TPSA) is 27.3 Å². The van der Waals surface area contributed by atoms with Crippen LogP contribution in [0.3, 0.4) is 0 Å². The molecule has 1 fully saturated rings. The smallest absolute Gasteiger partial charge is 0.161 e. The molecule has 0 unspecified atom stereocenters. The first-order valence-corrected chi connectivity index (χ1v) is 9.29. The third kappa shape index (κ3) is 4.97. The minimum absolute atomic E-state index is 0.660. The minimum Gasteiger partial charge on any atom is -0.493 e. The van der Waals surface area contributed by atoms with Crippen molar-refractivity contribution in [2.24, 2.45) is 0 Å². The predicted molar refractivity (Wildman–Crippen MR) is 99.4 cm³/mol. The molecule has 0 aromatic heterocycles. The maximum atomic E-state index is 5.61. The van der Waals surface area contributed by atoms with Crippen LogP contribution >= 0.6 is 0 Å². The van der Waals surface area contributed by atoms with E-state index in [1.54, 1.807) is 16.9 Å². The average molecular weight is 342 g/mol. The van der Waals surface area contributed by atoms with E-state index in [2.05, 4.69) is 42.5 Å². The van der Waals surface area contributed by atoms with Crippen molar-refractivity contribution in [3.63, 3.8) is 0 Å². The number of quaternary nitrogens is 2. The molecule has 1 saturated heterocycles. The van der Waals surface area contributed by atoms with Gasteiger partial charge in [-0.1, -0.05) is 30.3 Å². The zero-order valence-electron chi connectivity index (χ0n) is 15.4. The molecular weight excluding hydrogens is 312 g/mol. The van der Waals surface area contributed by atoms with E-state index < -0.39 is 0 Å². The molecule has 0 amide bonds. The van der Waals surface area contributed by atoms with E-state index in [-0.39, 0.29) is 0 Å². The first-order valence-electron chi connectivity index (χ1n) is 9.29. The lowest BCUT2D eigenvalue weighted by molar-refractivity contribution is -1.02. The molecule has 1 aliphatic heterocycles. The Labute approximate surface area is 151 Å². The van der Waals surface area contributed by atoms with Crippen LogP contribution in [-0.2, 0) is 13.1 Å². The van der Waals surface area contributed by atoms with Crippen molar-refractivity contribution in [1.29, 1.82) is 0 Å². The van der Waals surface area contributed by atoms with Gasteiger partial charge in [-0.2, -0.15) is 0 Å². The van der Waals surface area contributed by atoms with Gasteiger partial charge in [0.25, 0.3) is 0 Å². The summed E-state index contributed by atoms with van der Waals surface area (Å²) in [5, 5.41) is 0. The van der Waals surface area contributed by atoms with Gasteiger partial charge in [-0.25, -0.2) is 0 Å². The molecular formula is C21H30N2O2+2. The number of nitrogens with one attached hydrogen (secondary N) is 2. The zero-order chi connectivity index (χ0) is 17.5. The Bertz CT molecular complexity index is 652. The van der Waals surface area contributed by atoms with Crippen molar-refractivity contribution in [1.82, 2.24) is 0 Å². The zero-order valence-corrected chi connectivity index (χ0v) is 15.4. The van der Waals surface area contributed by atoms with Crippen molar-refractivity contribution in [3.05, 3.63) is 59.7 Å². The van der Waals surface area contributed by atoms with E-state index >= 15 is 0 Å². The number of piperazine rings is 1. The largest absolute Gasteiger partial charge is 0.493 e. The molecule has 2 N–H and O–H groups in total. The van der Waals surface area contributed by atoms with Gasteiger partial charge in [-0.15, -0.1) is 0 Å². The molecule has 0 bridgehead atoms. The quantitative estimate of drug-likeness (QED) is 0.770. The molecule has 4 nitrogen and oxygen atoms in total. The summed E-state index contributed by atoms with van der Waals surface area (Å²) in [6.45, 7) is 9.76. The molecule has 0 spiro atoms. The Kier molecular flexibility index (Phi) is 6.31. The lowest BCUT2D eigenvalue weighted by Gasteiger charge is -2.30. The lowest BCUT2D eigenvalue weighted by Crippen LogP contribution is -3.27. The van der Waals surface area contributed by atoms with Crippen molar-refractivity contribution in [3.8, 4) is 11.5 Å². The molecule has 1 heterocycles. The fourth-order valence-corrected chi connectivity index (χ4v) is 3.58. The third-order valence-corrected chi connectivity index (χ3v) is 4.94. The molecule has 0 aliphatic carbocycles. The van der Waals surface area contributed by atoms with Gasteiger partial charge in [0.1, 0.15) is 39.3 Å². The van der Waals surface area contributed by atoms with Gasteiger partial charge in [-0.05, 0) is 25.1 Å². The van der Waals surface area contributed by atoms with Crippen LogP contribution in [0.25, 0.3) is 0 Å². The SMILES string of the molecule is CCOc1ccc(C[NH+]2CC[NH+](Cc3ccccc3)CC2)cc1OC. The molecule has 3 rings (SSSR count). The fraction of sp³-hybridized carbons (Fsp3) is 0.429. The number of benzene rings is 2. The molecule has 25 heavy (non-hydrogen) atoms. The van der Waals surface area contributed by atoms with Gasteiger partial charge in [-0.3, -0.25) is 0 Å². The van der Waals surface area contributed by atoms with E-state index in [4.69, 9.17) is 9.47 Å². The predicted octanol–water partition coefficient (Wildman–Crippen LogP) is 0.578. The highest BCUT2D eigenvalue weighted by Crippen LogP contribution is 2.27. The van der Waals surface area contributed by atoms with Crippen LogP contribution in [0, 0.1) is 0 Å². The molecule has 2 aromatic carbocycles. The Morgan fingerprint density at radius 2 is 1.44 bits per heavy atom. The van der Waals surface area contributed by atoms with Gasteiger partial charge < -0.3 is 19.3 Å². The second-order valence-electron chi connectivity index (χ2n) is 6.76. The van der Waals surface area contributed by atoms with Crippen molar-refractivity contribution >= 4 is 0 Å². The summed E-state index contributed by atoms with van der Waals surface area (Å²) in [5.74, 6) is 1.67. The molecule has 2 aromatic rings. The summed E-state index contributed by atoms with van der Waals surface area (Å²) in [6.07, 6.45) is 0. The van der Waals surface area contributed by atoms with Gasteiger partial charge in [0.15, 0.2) is 11.5 Å². The summed E-state index contributed by atoms with van der Waals surface area (Å²) in [6, 6.07) is 17.2. The summed E-state index contributed by atoms with van der Waals surface area (Å²) >= 11 is 0. The van der Waals surface area contributed by atoms with Gasteiger partial charge in [0.2, 0.25) is 0 Å². The second-order valence-corrected chi connectivity index (χ2v) is 6.76. The summed E-state index contributed by atoms with van der Waals surface area (Å²) < 4.78 is 11.1. The van der Waals surface area contributed by atoms with Crippen LogP contribution < -0.4 is 19.3 Å². The van der Waals surface area contributed by atoms with Crippen LogP contribution in [0.4, 0.5) is 0 Å². The number of hydrogen-bond acceptors (Lipinski definition) is 2.